The first kappa shape index (κ1) is 32.9. The third kappa shape index (κ3) is 6.16. The number of hydrogen-bond acceptors (Lipinski definition) is 2. The SMILES string of the molecule is O=C(Nc1cccc(C(=O)Nc2c(I)cc(C(F)(C(F)(F)F)C(F)(F)F)cc2C(F)(F)F)c1F)c1ccc2ccccc2c1. The molecule has 44 heavy (non-hydrogen) atoms. The van der Waals surface area contributed by atoms with E-state index in [2.05, 4.69) is 5.32 Å². The van der Waals surface area contributed by atoms with Crippen molar-refractivity contribution in [3.63, 3.8) is 0 Å². The highest BCUT2D eigenvalue weighted by Gasteiger charge is 2.73. The molecule has 0 aliphatic heterocycles. The smallest absolute Gasteiger partial charge is 0.320 e. The van der Waals surface area contributed by atoms with Gasteiger partial charge in [0.05, 0.1) is 22.5 Å². The molecular weight excluding hydrogens is 732 g/mol. The number of nitrogens with one attached hydrogen (secondary N) is 2. The van der Waals surface area contributed by atoms with Crippen LogP contribution >= 0.6 is 22.6 Å². The fourth-order valence-electron chi connectivity index (χ4n) is 4.15. The molecule has 0 radical (unpaired) electrons. The van der Waals surface area contributed by atoms with Crippen molar-refractivity contribution in [2.24, 2.45) is 0 Å². The van der Waals surface area contributed by atoms with Crippen molar-refractivity contribution < 1.29 is 57.9 Å². The number of amides is 2. The minimum atomic E-state index is -6.71. The van der Waals surface area contributed by atoms with E-state index in [9.17, 15) is 53.5 Å². The van der Waals surface area contributed by atoms with Crippen molar-refractivity contribution in [1.82, 2.24) is 0 Å². The van der Waals surface area contributed by atoms with Crippen LogP contribution in [0.25, 0.3) is 10.8 Å². The molecule has 0 spiro atoms. The van der Waals surface area contributed by atoms with Crippen LogP contribution in [0.1, 0.15) is 31.8 Å². The highest BCUT2D eigenvalue weighted by Crippen LogP contribution is 2.54. The molecule has 0 bridgehead atoms. The second-order valence-electron chi connectivity index (χ2n) is 9.17. The van der Waals surface area contributed by atoms with Crippen LogP contribution in [0.3, 0.4) is 0 Å². The van der Waals surface area contributed by atoms with Gasteiger partial charge in [0.1, 0.15) is 0 Å². The van der Waals surface area contributed by atoms with Gasteiger partial charge >= 0.3 is 24.2 Å². The Hall–Kier alpha value is -3.96. The lowest BCUT2D eigenvalue weighted by Gasteiger charge is -2.31. The Kier molecular flexibility index (Phi) is 8.62. The van der Waals surface area contributed by atoms with E-state index in [-0.39, 0.29) is 11.6 Å². The first-order chi connectivity index (χ1) is 20.3. The molecule has 4 nitrogen and oxygen atoms in total. The van der Waals surface area contributed by atoms with Crippen LogP contribution in [0.4, 0.5) is 59.7 Å². The summed E-state index contributed by atoms with van der Waals surface area (Å²) in [5.41, 5.74) is -13.7. The van der Waals surface area contributed by atoms with Gasteiger partial charge in [0.2, 0.25) is 0 Å². The van der Waals surface area contributed by atoms with E-state index in [4.69, 9.17) is 0 Å². The molecule has 0 fully saturated rings. The molecule has 0 saturated carbocycles. The number of fused-ring (bicyclic) bond motifs is 1. The monoisotopic (exact) mass is 746 g/mol. The first-order valence-electron chi connectivity index (χ1n) is 11.9. The minimum Gasteiger partial charge on any atom is -0.320 e. The number of carbonyl (C=O) groups excluding carboxylic acids is 2. The lowest BCUT2D eigenvalue weighted by atomic mass is 9.92. The van der Waals surface area contributed by atoms with E-state index in [1.807, 2.05) is 0 Å². The molecule has 4 aromatic carbocycles. The number of benzene rings is 4. The molecular formula is C28H14F11IN2O2. The number of carbonyl (C=O) groups is 2. The zero-order valence-electron chi connectivity index (χ0n) is 21.3. The molecule has 0 atom stereocenters. The number of anilines is 2. The predicted octanol–water partition coefficient (Wildman–Crippen LogP) is 9.40. The van der Waals surface area contributed by atoms with Crippen molar-refractivity contribution in [2.45, 2.75) is 24.2 Å². The van der Waals surface area contributed by atoms with Gasteiger partial charge in [-0.25, -0.2) is 8.78 Å². The Morgan fingerprint density at radius 2 is 1.27 bits per heavy atom. The van der Waals surface area contributed by atoms with Crippen LogP contribution in [0.5, 0.6) is 0 Å². The van der Waals surface area contributed by atoms with Crippen molar-refractivity contribution in [2.75, 3.05) is 10.6 Å². The van der Waals surface area contributed by atoms with Gasteiger partial charge in [0, 0.05) is 14.7 Å². The van der Waals surface area contributed by atoms with Crippen LogP contribution in [0, 0.1) is 9.39 Å². The molecule has 4 rings (SSSR count). The first-order valence-corrected chi connectivity index (χ1v) is 13.0. The normalized spacial score (nSPS) is 12.7. The van der Waals surface area contributed by atoms with Gasteiger partial charge in [-0.15, -0.1) is 0 Å². The van der Waals surface area contributed by atoms with E-state index < -0.39 is 79.5 Å². The number of rotatable bonds is 5. The van der Waals surface area contributed by atoms with Crippen LogP contribution < -0.4 is 10.6 Å². The summed E-state index contributed by atoms with van der Waals surface area (Å²) in [6, 6.07) is 13.5. The number of alkyl halides is 10. The Morgan fingerprint density at radius 3 is 1.86 bits per heavy atom. The molecule has 2 amide bonds. The zero-order chi connectivity index (χ0) is 32.8. The zero-order valence-corrected chi connectivity index (χ0v) is 23.4. The summed E-state index contributed by atoms with van der Waals surface area (Å²) >= 11 is 0.878. The van der Waals surface area contributed by atoms with Gasteiger partial charge in [0.15, 0.2) is 5.82 Å². The molecule has 0 unspecified atom stereocenters. The highest BCUT2D eigenvalue weighted by atomic mass is 127. The molecule has 16 heteroatoms. The highest BCUT2D eigenvalue weighted by molar-refractivity contribution is 14.1. The quantitative estimate of drug-likeness (QED) is 0.158. The van der Waals surface area contributed by atoms with Gasteiger partial charge in [0.25, 0.3) is 11.8 Å². The average Bonchev–Trinajstić information content (AvgIpc) is 2.92. The van der Waals surface area contributed by atoms with Gasteiger partial charge < -0.3 is 10.6 Å². The fraction of sp³-hybridized carbons (Fsp3) is 0.143. The summed E-state index contributed by atoms with van der Waals surface area (Å²) in [6.07, 6.45) is -19.1. The van der Waals surface area contributed by atoms with E-state index in [0.29, 0.717) is 5.39 Å². The predicted molar refractivity (Wildman–Crippen MR) is 145 cm³/mol. The molecule has 0 aliphatic rings. The minimum absolute atomic E-state index is 0.0871. The Bertz CT molecular complexity index is 1750. The maximum Gasteiger partial charge on any atom is 0.435 e. The van der Waals surface area contributed by atoms with E-state index in [0.717, 1.165) is 46.2 Å². The van der Waals surface area contributed by atoms with Crippen LogP contribution in [-0.4, -0.2) is 24.2 Å². The maximum atomic E-state index is 15.3. The van der Waals surface area contributed by atoms with E-state index in [1.54, 1.807) is 35.6 Å². The summed E-state index contributed by atoms with van der Waals surface area (Å²) < 4.78 is 149. The molecule has 0 heterocycles. The second-order valence-corrected chi connectivity index (χ2v) is 10.3. The van der Waals surface area contributed by atoms with Crippen LogP contribution in [-0.2, 0) is 11.8 Å². The van der Waals surface area contributed by atoms with Gasteiger partial charge in [-0.1, -0.05) is 36.4 Å². The standard InChI is InChI=1S/C28H14F11IN2O2/c29-21-17(6-3-7-20(21)41-23(43)15-9-8-13-4-1-2-5-14(13)10-15)24(44)42-22-18(26(31,32)33)11-16(12-19(22)40)25(30,27(34,35)36)28(37,38)39/h1-12H,(H,41,43)(H,42,44). The third-order valence-corrected chi connectivity index (χ3v) is 7.17. The molecule has 232 valence electrons. The van der Waals surface area contributed by atoms with Crippen molar-refractivity contribution in [3.8, 4) is 0 Å². The lowest BCUT2D eigenvalue weighted by Crippen LogP contribution is -2.50. The lowest BCUT2D eigenvalue weighted by molar-refractivity contribution is -0.348. The molecule has 0 aliphatic carbocycles. The molecule has 2 N–H and O–H groups in total. The van der Waals surface area contributed by atoms with E-state index in [1.165, 1.54) is 12.1 Å². The summed E-state index contributed by atoms with van der Waals surface area (Å²) in [6.45, 7) is 0. The van der Waals surface area contributed by atoms with E-state index >= 15 is 4.39 Å². The van der Waals surface area contributed by atoms with Crippen molar-refractivity contribution >= 4 is 56.6 Å². The van der Waals surface area contributed by atoms with Gasteiger partial charge in [-0.3, -0.25) is 9.59 Å². The summed E-state index contributed by atoms with van der Waals surface area (Å²) in [5.74, 6) is -3.85. The Morgan fingerprint density at radius 1 is 0.659 bits per heavy atom. The van der Waals surface area contributed by atoms with Crippen molar-refractivity contribution in [3.05, 3.63) is 104 Å². The van der Waals surface area contributed by atoms with Gasteiger partial charge in [-0.05, 0) is 69.8 Å². The Balaban J connectivity index is 1.69. The molecule has 0 aromatic heterocycles. The largest absolute Gasteiger partial charge is 0.435 e. The van der Waals surface area contributed by atoms with Gasteiger partial charge in [-0.2, -0.15) is 39.5 Å². The average molecular weight is 746 g/mol. The van der Waals surface area contributed by atoms with Crippen LogP contribution in [0.15, 0.2) is 72.8 Å². The summed E-state index contributed by atoms with van der Waals surface area (Å²) in [5, 5.41) is 5.31. The summed E-state index contributed by atoms with van der Waals surface area (Å²) in [4.78, 5) is 25.6. The number of halogens is 12. The fourth-order valence-corrected chi connectivity index (χ4v) is 4.91. The number of hydrogen-bond donors (Lipinski definition) is 2. The molecule has 4 aromatic rings. The second kappa shape index (κ2) is 11.5. The third-order valence-electron chi connectivity index (χ3n) is 6.32. The Labute approximate surface area is 253 Å². The topological polar surface area (TPSA) is 58.2 Å². The maximum absolute atomic E-state index is 15.3. The molecule has 0 saturated heterocycles. The van der Waals surface area contributed by atoms with Crippen LogP contribution in [0.2, 0.25) is 0 Å². The summed E-state index contributed by atoms with van der Waals surface area (Å²) in [7, 11) is 0. The van der Waals surface area contributed by atoms with Crippen molar-refractivity contribution in [1.29, 1.82) is 0 Å².